The lowest BCUT2D eigenvalue weighted by molar-refractivity contribution is -0.117. The molecule has 2 nitrogen and oxygen atoms in total. The van der Waals surface area contributed by atoms with E-state index >= 15 is 0 Å². The minimum absolute atomic E-state index is 0.305. The van der Waals surface area contributed by atoms with Gasteiger partial charge in [-0.2, -0.15) is 0 Å². The van der Waals surface area contributed by atoms with Crippen molar-refractivity contribution in [1.29, 1.82) is 0 Å². The predicted molar refractivity (Wildman–Crippen MR) is 77.5 cm³/mol. The molecule has 0 heterocycles. The van der Waals surface area contributed by atoms with Crippen LogP contribution in [-0.2, 0) is 11.2 Å². The maximum absolute atomic E-state index is 11.0. The topological polar surface area (TPSA) is 43.1 Å². The van der Waals surface area contributed by atoms with Crippen LogP contribution >= 0.6 is 15.9 Å². The first-order valence-corrected chi connectivity index (χ1v) is 6.66. The van der Waals surface area contributed by atoms with Gasteiger partial charge in [0.1, 0.15) is 0 Å². The third-order valence-electron chi connectivity index (χ3n) is 2.78. The molecular formula is C15H14BrNO. The Bertz CT molecular complexity index is 522. The van der Waals surface area contributed by atoms with Crippen molar-refractivity contribution in [3.63, 3.8) is 0 Å². The fourth-order valence-corrected chi connectivity index (χ4v) is 2.15. The van der Waals surface area contributed by atoms with Crippen LogP contribution in [0.2, 0.25) is 0 Å². The molecular weight excluding hydrogens is 290 g/mol. The summed E-state index contributed by atoms with van der Waals surface area (Å²) in [7, 11) is 0. The first-order chi connectivity index (χ1) is 8.66. The summed E-state index contributed by atoms with van der Waals surface area (Å²) in [5.41, 5.74) is 8.67. The number of carbonyl (C=O) groups is 1. The van der Waals surface area contributed by atoms with Crippen LogP contribution < -0.4 is 5.73 Å². The van der Waals surface area contributed by atoms with Crippen LogP contribution in [0.3, 0.4) is 0 Å². The Morgan fingerprint density at radius 3 is 2.11 bits per heavy atom. The van der Waals surface area contributed by atoms with E-state index in [1.54, 1.807) is 0 Å². The lowest BCUT2D eigenvalue weighted by atomic mass is 10.0. The molecule has 0 bridgehead atoms. The number of hydrogen-bond acceptors (Lipinski definition) is 1. The summed E-state index contributed by atoms with van der Waals surface area (Å²) in [5, 5.41) is 0. The minimum atomic E-state index is -0.331. The van der Waals surface area contributed by atoms with E-state index in [0.717, 1.165) is 5.56 Å². The third kappa shape index (κ3) is 3.20. The Hall–Kier alpha value is -1.61. The van der Waals surface area contributed by atoms with Crippen LogP contribution in [0.15, 0.2) is 54.6 Å². The average molecular weight is 304 g/mol. The van der Waals surface area contributed by atoms with Gasteiger partial charge in [0.15, 0.2) is 0 Å². The number of primary amides is 1. The number of halogens is 1. The number of rotatable bonds is 4. The van der Waals surface area contributed by atoms with Crippen molar-refractivity contribution in [1.82, 2.24) is 0 Å². The largest absolute Gasteiger partial charge is 0.369 e. The highest BCUT2D eigenvalue weighted by Gasteiger charge is 2.11. The monoisotopic (exact) mass is 303 g/mol. The van der Waals surface area contributed by atoms with E-state index in [1.807, 2.05) is 30.3 Å². The van der Waals surface area contributed by atoms with Crippen LogP contribution in [0.5, 0.6) is 0 Å². The van der Waals surface area contributed by atoms with Crippen LogP contribution in [-0.4, -0.2) is 10.7 Å². The van der Waals surface area contributed by atoms with E-state index in [2.05, 4.69) is 40.2 Å². The summed E-state index contributed by atoms with van der Waals surface area (Å²) in [6.07, 6.45) is 0.615. The second-order valence-electron chi connectivity index (χ2n) is 4.14. The number of amides is 1. The molecule has 1 amide bonds. The Morgan fingerprint density at radius 2 is 1.56 bits per heavy atom. The lowest BCUT2D eigenvalue weighted by Crippen LogP contribution is -2.24. The zero-order chi connectivity index (χ0) is 13.0. The fraction of sp³-hybridized carbons (Fsp3) is 0.133. The number of nitrogens with two attached hydrogens (primary N) is 1. The summed E-state index contributed by atoms with van der Waals surface area (Å²) in [6.45, 7) is 0. The first kappa shape index (κ1) is 12.8. The van der Waals surface area contributed by atoms with Crippen molar-refractivity contribution < 1.29 is 4.79 Å². The Balaban J connectivity index is 2.13. The van der Waals surface area contributed by atoms with Gasteiger partial charge in [-0.3, -0.25) is 4.79 Å². The van der Waals surface area contributed by atoms with Crippen molar-refractivity contribution >= 4 is 21.8 Å². The van der Waals surface area contributed by atoms with Crippen molar-refractivity contribution in [2.45, 2.75) is 11.2 Å². The molecule has 0 aliphatic carbocycles. The quantitative estimate of drug-likeness (QED) is 0.866. The highest BCUT2D eigenvalue weighted by molar-refractivity contribution is 9.10. The van der Waals surface area contributed by atoms with Crippen molar-refractivity contribution in [2.75, 3.05) is 0 Å². The summed E-state index contributed by atoms with van der Waals surface area (Å²) in [4.78, 5) is 10.7. The maximum Gasteiger partial charge on any atom is 0.231 e. The van der Waals surface area contributed by atoms with Crippen molar-refractivity contribution in [3.05, 3.63) is 60.2 Å². The predicted octanol–water partition coefficient (Wildman–Crippen LogP) is 3.14. The van der Waals surface area contributed by atoms with Crippen LogP contribution in [0.25, 0.3) is 11.1 Å². The lowest BCUT2D eigenvalue weighted by Gasteiger charge is -2.07. The van der Waals surface area contributed by atoms with Crippen LogP contribution in [0.4, 0.5) is 0 Å². The van der Waals surface area contributed by atoms with E-state index in [4.69, 9.17) is 5.73 Å². The fourth-order valence-electron chi connectivity index (χ4n) is 1.77. The highest BCUT2D eigenvalue weighted by atomic mass is 79.9. The van der Waals surface area contributed by atoms with Crippen molar-refractivity contribution in [2.24, 2.45) is 5.73 Å². The summed E-state index contributed by atoms with van der Waals surface area (Å²) in [5.74, 6) is -0.331. The molecule has 92 valence electrons. The van der Waals surface area contributed by atoms with E-state index in [0.29, 0.717) is 6.42 Å². The molecule has 0 fully saturated rings. The number of carbonyl (C=O) groups excluding carboxylic acids is 1. The molecule has 2 N–H and O–H groups in total. The molecule has 3 heteroatoms. The number of benzene rings is 2. The maximum atomic E-state index is 11.0. The summed E-state index contributed by atoms with van der Waals surface area (Å²) in [6, 6.07) is 18.4. The molecule has 2 aromatic rings. The van der Waals surface area contributed by atoms with Gasteiger partial charge in [-0.15, -0.1) is 0 Å². The molecule has 18 heavy (non-hydrogen) atoms. The smallest absolute Gasteiger partial charge is 0.231 e. The van der Waals surface area contributed by atoms with Crippen LogP contribution in [0.1, 0.15) is 5.56 Å². The molecule has 1 unspecified atom stereocenters. The average Bonchev–Trinajstić information content (AvgIpc) is 2.40. The summed E-state index contributed by atoms with van der Waals surface area (Å²) < 4.78 is 0. The van der Waals surface area contributed by atoms with E-state index in [1.165, 1.54) is 11.1 Å². The molecule has 0 aliphatic heterocycles. The molecule has 2 aromatic carbocycles. The molecule has 2 rings (SSSR count). The molecule has 1 atom stereocenters. The van der Waals surface area contributed by atoms with E-state index in [9.17, 15) is 4.79 Å². The summed E-state index contributed by atoms with van der Waals surface area (Å²) >= 11 is 3.27. The van der Waals surface area contributed by atoms with Gasteiger partial charge in [-0.05, 0) is 23.1 Å². The normalized spacial score (nSPS) is 12.1. The number of alkyl halides is 1. The minimum Gasteiger partial charge on any atom is -0.369 e. The molecule has 0 radical (unpaired) electrons. The zero-order valence-corrected chi connectivity index (χ0v) is 11.4. The van der Waals surface area contributed by atoms with Gasteiger partial charge >= 0.3 is 0 Å². The highest BCUT2D eigenvalue weighted by Crippen LogP contribution is 2.20. The van der Waals surface area contributed by atoms with Gasteiger partial charge in [0.05, 0.1) is 4.83 Å². The zero-order valence-electron chi connectivity index (χ0n) is 9.84. The Labute approximate surface area is 115 Å². The van der Waals surface area contributed by atoms with Gasteiger partial charge in [0.2, 0.25) is 5.91 Å². The first-order valence-electron chi connectivity index (χ1n) is 5.74. The van der Waals surface area contributed by atoms with Gasteiger partial charge < -0.3 is 5.73 Å². The van der Waals surface area contributed by atoms with E-state index < -0.39 is 0 Å². The van der Waals surface area contributed by atoms with Gasteiger partial charge in [0, 0.05) is 0 Å². The van der Waals surface area contributed by atoms with Gasteiger partial charge in [-0.1, -0.05) is 70.5 Å². The Kier molecular flexibility index (Phi) is 4.15. The van der Waals surface area contributed by atoms with Gasteiger partial charge in [-0.25, -0.2) is 0 Å². The SMILES string of the molecule is NC(=O)C(Br)Cc1ccc(-c2ccccc2)cc1. The Morgan fingerprint density at radius 1 is 1.00 bits per heavy atom. The molecule has 0 saturated heterocycles. The van der Waals surface area contributed by atoms with Gasteiger partial charge in [0.25, 0.3) is 0 Å². The second kappa shape index (κ2) is 5.83. The molecule has 0 saturated carbocycles. The van der Waals surface area contributed by atoms with Crippen molar-refractivity contribution in [3.8, 4) is 11.1 Å². The third-order valence-corrected chi connectivity index (χ3v) is 3.56. The molecule has 0 spiro atoms. The molecule has 0 aliphatic rings. The van der Waals surface area contributed by atoms with Crippen LogP contribution in [0, 0.1) is 0 Å². The molecule has 0 aromatic heterocycles. The second-order valence-corrected chi connectivity index (χ2v) is 5.24. The van der Waals surface area contributed by atoms with E-state index in [-0.39, 0.29) is 10.7 Å². The standard InChI is InChI=1S/C15H14BrNO/c16-14(15(17)18)10-11-6-8-13(9-7-11)12-4-2-1-3-5-12/h1-9,14H,10H2,(H2,17,18). The number of hydrogen-bond donors (Lipinski definition) is 1.